The van der Waals surface area contributed by atoms with E-state index in [1.54, 1.807) is 0 Å². The van der Waals surface area contributed by atoms with Crippen LogP contribution in [0, 0.1) is 15.9 Å². The molecule has 1 saturated heterocycles. The minimum absolute atomic E-state index is 0.195. The molecule has 1 fully saturated rings. The molecule has 0 aliphatic carbocycles. The molecule has 0 unspecified atom stereocenters. The Bertz CT molecular complexity index is 945. The Morgan fingerprint density at radius 2 is 1.56 bits per heavy atom. The topological polar surface area (TPSA) is 149 Å². The van der Waals surface area contributed by atoms with Crippen molar-refractivity contribution in [3.63, 3.8) is 0 Å². The minimum atomic E-state index is -1.75. The molecule has 41 heavy (non-hydrogen) atoms. The van der Waals surface area contributed by atoms with Crippen LogP contribution in [0.4, 0.5) is 10.1 Å². The first kappa shape index (κ1) is 34.6. The standard InChI is InChI=1S/C30H46FNO9/c1-2-3-4-5-6-7-8-9-10-11-12-13-14-15-16-17-26(33)39-21-25-27(34)28(35)29(36)30(41-25)40-24-19-18-22(32(37)38)20-23(24)31/h9-10,18-20,25,27-30,34-36H,2-8,11-17,21H2,1H3/t25-,27-,28+,29-,30-/m1/s1. The number of unbranched alkanes of at least 4 members (excludes halogenated alkanes) is 11. The van der Waals surface area contributed by atoms with Crippen molar-refractivity contribution >= 4 is 11.7 Å². The van der Waals surface area contributed by atoms with Crippen LogP contribution in [0.25, 0.3) is 0 Å². The molecule has 1 aromatic carbocycles. The Kier molecular flexibility index (Phi) is 16.5. The molecule has 0 bridgehead atoms. The summed E-state index contributed by atoms with van der Waals surface area (Å²) in [5.74, 6) is -2.01. The van der Waals surface area contributed by atoms with Crippen molar-refractivity contribution in [1.29, 1.82) is 0 Å². The highest BCUT2D eigenvalue weighted by atomic mass is 19.1. The number of nitrogens with zero attached hydrogens (tertiary/aromatic N) is 1. The van der Waals surface area contributed by atoms with Crippen molar-refractivity contribution in [2.45, 2.75) is 128 Å². The molecule has 1 aromatic rings. The van der Waals surface area contributed by atoms with Gasteiger partial charge in [0.05, 0.1) is 11.0 Å². The van der Waals surface area contributed by atoms with Gasteiger partial charge in [-0.25, -0.2) is 4.39 Å². The number of carbonyl (C=O) groups excluding carboxylic acids is 1. The molecule has 1 heterocycles. The largest absolute Gasteiger partial charge is 0.463 e. The average Bonchev–Trinajstić information content (AvgIpc) is 2.95. The number of allylic oxidation sites excluding steroid dienone is 2. The molecule has 232 valence electrons. The minimum Gasteiger partial charge on any atom is -0.463 e. The Balaban J connectivity index is 1.61. The van der Waals surface area contributed by atoms with Crippen molar-refractivity contribution in [2.75, 3.05) is 6.61 Å². The van der Waals surface area contributed by atoms with Crippen LogP contribution < -0.4 is 4.74 Å². The Morgan fingerprint density at radius 1 is 0.951 bits per heavy atom. The molecule has 5 atom stereocenters. The number of ether oxygens (including phenoxy) is 3. The zero-order chi connectivity index (χ0) is 30.0. The highest BCUT2D eigenvalue weighted by molar-refractivity contribution is 5.69. The molecule has 1 aliphatic heterocycles. The van der Waals surface area contributed by atoms with E-state index in [-0.39, 0.29) is 6.42 Å². The van der Waals surface area contributed by atoms with Crippen LogP contribution in [0.1, 0.15) is 96.8 Å². The molecular weight excluding hydrogens is 537 g/mol. The van der Waals surface area contributed by atoms with Gasteiger partial charge in [-0.2, -0.15) is 0 Å². The first-order valence-corrected chi connectivity index (χ1v) is 14.9. The summed E-state index contributed by atoms with van der Waals surface area (Å²) in [6.07, 6.45) is 11.7. The van der Waals surface area contributed by atoms with Gasteiger partial charge in [0.1, 0.15) is 31.0 Å². The van der Waals surface area contributed by atoms with Crippen LogP contribution in [-0.2, 0) is 14.3 Å². The van der Waals surface area contributed by atoms with Gasteiger partial charge in [-0.15, -0.1) is 0 Å². The van der Waals surface area contributed by atoms with Crippen molar-refractivity contribution in [3.8, 4) is 5.75 Å². The van der Waals surface area contributed by atoms with Crippen LogP contribution in [0.5, 0.6) is 5.75 Å². The van der Waals surface area contributed by atoms with Gasteiger partial charge in [-0.05, 0) is 38.2 Å². The lowest BCUT2D eigenvalue weighted by Gasteiger charge is -2.39. The number of aliphatic hydroxyl groups is 3. The number of hydrogen-bond donors (Lipinski definition) is 3. The number of hydrogen-bond acceptors (Lipinski definition) is 9. The van der Waals surface area contributed by atoms with Gasteiger partial charge in [0.15, 0.2) is 11.6 Å². The Hall–Kier alpha value is -2.60. The maximum absolute atomic E-state index is 14.2. The molecule has 0 spiro atoms. The maximum atomic E-state index is 14.2. The Labute approximate surface area is 241 Å². The number of benzene rings is 1. The van der Waals surface area contributed by atoms with Crippen LogP contribution >= 0.6 is 0 Å². The number of aliphatic hydroxyl groups excluding tert-OH is 3. The van der Waals surface area contributed by atoms with E-state index >= 15 is 0 Å². The molecule has 3 N–H and O–H groups in total. The first-order valence-electron chi connectivity index (χ1n) is 14.9. The zero-order valence-corrected chi connectivity index (χ0v) is 24.0. The summed E-state index contributed by atoms with van der Waals surface area (Å²) in [6, 6.07) is 2.64. The van der Waals surface area contributed by atoms with E-state index in [4.69, 9.17) is 14.2 Å². The van der Waals surface area contributed by atoms with Crippen LogP contribution in [0.15, 0.2) is 30.4 Å². The number of esters is 1. The van der Waals surface area contributed by atoms with E-state index in [0.717, 1.165) is 50.7 Å². The summed E-state index contributed by atoms with van der Waals surface area (Å²) in [6.45, 7) is 1.82. The highest BCUT2D eigenvalue weighted by Gasteiger charge is 2.45. The lowest BCUT2D eigenvalue weighted by atomic mass is 9.99. The summed E-state index contributed by atoms with van der Waals surface area (Å²) in [5.41, 5.74) is -0.494. The van der Waals surface area contributed by atoms with Crippen molar-refractivity contribution in [3.05, 3.63) is 46.3 Å². The van der Waals surface area contributed by atoms with E-state index in [2.05, 4.69) is 19.1 Å². The van der Waals surface area contributed by atoms with Gasteiger partial charge < -0.3 is 29.5 Å². The molecule has 1 aliphatic rings. The number of carbonyl (C=O) groups is 1. The number of non-ortho nitro benzene ring substituents is 1. The van der Waals surface area contributed by atoms with Gasteiger partial charge >= 0.3 is 5.97 Å². The Morgan fingerprint density at radius 3 is 2.17 bits per heavy atom. The molecule has 2 rings (SSSR count). The monoisotopic (exact) mass is 583 g/mol. The van der Waals surface area contributed by atoms with Crippen molar-refractivity contribution in [2.24, 2.45) is 0 Å². The number of rotatable bonds is 20. The first-order chi connectivity index (χ1) is 19.7. The van der Waals surface area contributed by atoms with E-state index < -0.39 is 65.5 Å². The fourth-order valence-electron chi connectivity index (χ4n) is 4.56. The number of halogens is 1. The zero-order valence-electron chi connectivity index (χ0n) is 24.0. The normalized spacial score (nSPS) is 22.6. The fraction of sp³-hybridized carbons (Fsp3) is 0.700. The molecule has 0 radical (unpaired) electrons. The lowest BCUT2D eigenvalue weighted by molar-refractivity contribution is -0.385. The SMILES string of the molecule is CCCCCCCCC=CCCCCCCCC(=O)OC[C@H]1O[C@@H](Oc2ccc([N+](=O)[O-])cc2F)[C@H](O)[C@@H](O)[C@@H]1O. The number of nitro groups is 1. The van der Waals surface area contributed by atoms with Gasteiger partial charge in [-0.3, -0.25) is 14.9 Å². The second kappa shape index (κ2) is 19.5. The van der Waals surface area contributed by atoms with Crippen LogP contribution in [0.2, 0.25) is 0 Å². The van der Waals surface area contributed by atoms with E-state index in [0.29, 0.717) is 12.5 Å². The maximum Gasteiger partial charge on any atom is 0.305 e. The average molecular weight is 584 g/mol. The second-order valence-electron chi connectivity index (χ2n) is 10.5. The van der Waals surface area contributed by atoms with Crippen molar-refractivity contribution in [1.82, 2.24) is 0 Å². The summed E-state index contributed by atoms with van der Waals surface area (Å²) in [4.78, 5) is 22.2. The smallest absolute Gasteiger partial charge is 0.305 e. The quantitative estimate of drug-likeness (QED) is 0.0595. The van der Waals surface area contributed by atoms with Gasteiger partial charge in [-0.1, -0.05) is 70.4 Å². The third kappa shape index (κ3) is 12.8. The van der Waals surface area contributed by atoms with E-state index in [1.807, 2.05) is 0 Å². The summed E-state index contributed by atoms with van der Waals surface area (Å²) in [5, 5.41) is 41.4. The molecule has 0 aromatic heterocycles. The molecular formula is C30H46FNO9. The summed E-state index contributed by atoms with van der Waals surface area (Å²) in [7, 11) is 0. The predicted octanol–water partition coefficient (Wildman–Crippen LogP) is 5.50. The highest BCUT2D eigenvalue weighted by Crippen LogP contribution is 2.28. The second-order valence-corrected chi connectivity index (χ2v) is 10.5. The van der Waals surface area contributed by atoms with Gasteiger partial charge in [0.2, 0.25) is 6.29 Å². The number of nitro benzene ring substituents is 1. The third-order valence-corrected chi connectivity index (χ3v) is 7.09. The molecule has 0 amide bonds. The van der Waals surface area contributed by atoms with Crippen LogP contribution in [0.3, 0.4) is 0 Å². The predicted molar refractivity (Wildman–Crippen MR) is 151 cm³/mol. The fourth-order valence-corrected chi connectivity index (χ4v) is 4.56. The summed E-state index contributed by atoms with van der Waals surface area (Å²) >= 11 is 0. The van der Waals surface area contributed by atoms with Crippen LogP contribution in [-0.4, -0.2) is 63.5 Å². The lowest BCUT2D eigenvalue weighted by Crippen LogP contribution is -2.60. The van der Waals surface area contributed by atoms with E-state index in [1.165, 1.54) is 38.5 Å². The van der Waals surface area contributed by atoms with Gasteiger partial charge in [0.25, 0.3) is 5.69 Å². The summed E-state index contributed by atoms with van der Waals surface area (Å²) < 4.78 is 30.1. The van der Waals surface area contributed by atoms with Crippen molar-refractivity contribution < 1.29 is 43.6 Å². The van der Waals surface area contributed by atoms with Gasteiger partial charge in [0, 0.05) is 12.5 Å². The molecule has 10 nitrogen and oxygen atoms in total. The molecule has 0 saturated carbocycles. The van der Waals surface area contributed by atoms with E-state index in [9.17, 15) is 34.6 Å². The molecule has 11 heteroatoms. The third-order valence-electron chi connectivity index (χ3n) is 7.09.